The summed E-state index contributed by atoms with van der Waals surface area (Å²) in [6, 6.07) is 7.16. The second kappa shape index (κ2) is 5.31. The number of ether oxygens (including phenoxy) is 3. The van der Waals surface area contributed by atoms with Gasteiger partial charge in [-0.3, -0.25) is 5.10 Å². The molecule has 0 spiro atoms. The molecule has 0 radical (unpaired) electrons. The fourth-order valence-electron chi connectivity index (χ4n) is 1.58. The van der Waals surface area contributed by atoms with E-state index in [4.69, 9.17) is 19.9 Å². The summed E-state index contributed by atoms with van der Waals surface area (Å²) in [5, 5.41) is 6.59. The van der Waals surface area contributed by atoms with Gasteiger partial charge in [-0.25, -0.2) is 0 Å². The van der Waals surface area contributed by atoms with Gasteiger partial charge in [0.25, 0.3) is 0 Å². The van der Waals surface area contributed by atoms with Gasteiger partial charge in [0.1, 0.15) is 12.4 Å². The summed E-state index contributed by atoms with van der Waals surface area (Å²) >= 11 is 0. The molecule has 2 rings (SSSR count). The highest BCUT2D eigenvalue weighted by Crippen LogP contribution is 2.36. The van der Waals surface area contributed by atoms with Crippen molar-refractivity contribution < 1.29 is 14.2 Å². The van der Waals surface area contributed by atoms with Crippen LogP contribution in [0.5, 0.6) is 17.2 Å². The Labute approximate surface area is 105 Å². The molecule has 0 atom stereocenters. The Hall–Kier alpha value is -2.37. The SMILES string of the molecule is COc1cccc(OCc2cc(N)n[nH]2)c1OC. The molecule has 96 valence electrons. The van der Waals surface area contributed by atoms with Crippen molar-refractivity contribution in [1.29, 1.82) is 0 Å². The lowest BCUT2D eigenvalue weighted by Gasteiger charge is -2.12. The van der Waals surface area contributed by atoms with Gasteiger partial charge in [-0.1, -0.05) is 6.07 Å². The number of aromatic amines is 1. The predicted octanol–water partition coefficient (Wildman–Crippen LogP) is 1.59. The molecule has 6 heteroatoms. The lowest BCUT2D eigenvalue weighted by atomic mass is 10.3. The molecule has 0 saturated heterocycles. The number of nitrogens with zero attached hydrogens (tertiary/aromatic N) is 1. The number of para-hydroxylation sites is 1. The van der Waals surface area contributed by atoms with Crippen molar-refractivity contribution in [3.63, 3.8) is 0 Å². The van der Waals surface area contributed by atoms with Crippen molar-refractivity contribution in [3.05, 3.63) is 30.0 Å². The van der Waals surface area contributed by atoms with Gasteiger partial charge >= 0.3 is 0 Å². The highest BCUT2D eigenvalue weighted by Gasteiger charge is 2.11. The van der Waals surface area contributed by atoms with Crippen molar-refractivity contribution in [2.24, 2.45) is 0 Å². The topological polar surface area (TPSA) is 82.4 Å². The van der Waals surface area contributed by atoms with Gasteiger partial charge < -0.3 is 19.9 Å². The van der Waals surface area contributed by atoms with Gasteiger partial charge in [0, 0.05) is 6.07 Å². The zero-order valence-electron chi connectivity index (χ0n) is 10.3. The minimum Gasteiger partial charge on any atom is -0.493 e. The normalized spacial score (nSPS) is 10.1. The van der Waals surface area contributed by atoms with Crippen LogP contribution in [0.25, 0.3) is 0 Å². The zero-order chi connectivity index (χ0) is 13.0. The van der Waals surface area contributed by atoms with Crippen molar-refractivity contribution in [3.8, 4) is 17.2 Å². The van der Waals surface area contributed by atoms with Crippen LogP contribution in [-0.2, 0) is 6.61 Å². The summed E-state index contributed by atoms with van der Waals surface area (Å²) in [6.07, 6.45) is 0. The number of nitrogen functional groups attached to an aromatic ring is 1. The molecule has 0 saturated carbocycles. The fourth-order valence-corrected chi connectivity index (χ4v) is 1.58. The van der Waals surface area contributed by atoms with Crippen LogP contribution in [0.1, 0.15) is 5.69 Å². The number of nitrogens with one attached hydrogen (secondary N) is 1. The summed E-state index contributed by atoms with van der Waals surface area (Å²) in [4.78, 5) is 0. The van der Waals surface area contributed by atoms with Crippen LogP contribution in [0.3, 0.4) is 0 Å². The van der Waals surface area contributed by atoms with Gasteiger partial charge in [0.15, 0.2) is 11.5 Å². The first-order valence-electron chi connectivity index (χ1n) is 5.38. The second-order valence-electron chi connectivity index (χ2n) is 3.60. The number of aromatic nitrogens is 2. The maximum absolute atomic E-state index is 5.64. The van der Waals surface area contributed by atoms with Crippen molar-refractivity contribution >= 4 is 5.82 Å². The van der Waals surface area contributed by atoms with Crippen LogP contribution in [0.4, 0.5) is 5.82 Å². The molecule has 6 nitrogen and oxygen atoms in total. The molecule has 0 amide bonds. The molecule has 0 unspecified atom stereocenters. The van der Waals surface area contributed by atoms with E-state index < -0.39 is 0 Å². The molecule has 0 aliphatic heterocycles. The van der Waals surface area contributed by atoms with Crippen molar-refractivity contribution in [2.75, 3.05) is 20.0 Å². The predicted molar refractivity (Wildman–Crippen MR) is 66.9 cm³/mol. The first-order valence-corrected chi connectivity index (χ1v) is 5.38. The summed E-state index contributed by atoms with van der Waals surface area (Å²) < 4.78 is 16.1. The number of methoxy groups -OCH3 is 2. The van der Waals surface area contributed by atoms with Gasteiger partial charge in [0.05, 0.1) is 19.9 Å². The number of benzene rings is 1. The Morgan fingerprint density at radius 3 is 2.61 bits per heavy atom. The van der Waals surface area contributed by atoms with Crippen LogP contribution in [0.15, 0.2) is 24.3 Å². The van der Waals surface area contributed by atoms with E-state index in [1.54, 1.807) is 32.4 Å². The van der Waals surface area contributed by atoms with Gasteiger partial charge in [0.2, 0.25) is 5.75 Å². The standard InChI is InChI=1S/C12H15N3O3/c1-16-9-4-3-5-10(12(9)17-2)18-7-8-6-11(13)15-14-8/h3-6H,7H2,1-2H3,(H3,13,14,15). The molecule has 1 heterocycles. The average Bonchev–Trinajstić information content (AvgIpc) is 2.81. The van der Waals surface area contributed by atoms with E-state index in [1.807, 2.05) is 6.07 Å². The van der Waals surface area contributed by atoms with Crippen LogP contribution in [0.2, 0.25) is 0 Å². The van der Waals surface area contributed by atoms with Gasteiger partial charge in [-0.2, -0.15) is 5.10 Å². The van der Waals surface area contributed by atoms with E-state index in [-0.39, 0.29) is 0 Å². The fraction of sp³-hybridized carbons (Fsp3) is 0.250. The van der Waals surface area contributed by atoms with E-state index in [0.29, 0.717) is 29.7 Å². The molecule has 0 aliphatic rings. The smallest absolute Gasteiger partial charge is 0.203 e. The number of H-pyrrole nitrogens is 1. The highest BCUT2D eigenvalue weighted by atomic mass is 16.5. The summed E-state index contributed by atoms with van der Waals surface area (Å²) in [5.41, 5.74) is 6.30. The van der Waals surface area contributed by atoms with Crippen molar-refractivity contribution in [1.82, 2.24) is 10.2 Å². The first kappa shape index (κ1) is 12.1. The van der Waals surface area contributed by atoms with Crippen LogP contribution >= 0.6 is 0 Å². The van der Waals surface area contributed by atoms with Crippen LogP contribution < -0.4 is 19.9 Å². The van der Waals surface area contributed by atoms with E-state index in [2.05, 4.69) is 10.2 Å². The van der Waals surface area contributed by atoms with Crippen LogP contribution in [-0.4, -0.2) is 24.4 Å². The van der Waals surface area contributed by atoms with E-state index in [1.165, 1.54) is 0 Å². The minimum absolute atomic E-state index is 0.327. The molecule has 2 aromatic rings. The number of hydrogen-bond donors (Lipinski definition) is 2. The Morgan fingerprint density at radius 2 is 2.00 bits per heavy atom. The molecular formula is C12H15N3O3. The number of nitrogens with two attached hydrogens (primary N) is 1. The number of anilines is 1. The van der Waals surface area contributed by atoms with Gasteiger partial charge in [-0.15, -0.1) is 0 Å². The van der Waals surface area contributed by atoms with Crippen LogP contribution in [0, 0.1) is 0 Å². The van der Waals surface area contributed by atoms with Gasteiger partial charge in [-0.05, 0) is 12.1 Å². The molecule has 1 aromatic carbocycles. The monoisotopic (exact) mass is 249 g/mol. The third-order valence-electron chi connectivity index (χ3n) is 2.40. The molecule has 0 fully saturated rings. The maximum atomic E-state index is 5.64. The largest absolute Gasteiger partial charge is 0.493 e. The van der Waals surface area contributed by atoms with Crippen molar-refractivity contribution in [2.45, 2.75) is 6.61 Å². The van der Waals surface area contributed by atoms with E-state index in [9.17, 15) is 0 Å². The number of rotatable bonds is 5. The van der Waals surface area contributed by atoms with E-state index >= 15 is 0 Å². The quantitative estimate of drug-likeness (QED) is 0.840. The zero-order valence-corrected chi connectivity index (χ0v) is 10.3. The molecule has 1 aromatic heterocycles. The summed E-state index contributed by atoms with van der Waals surface area (Å²) in [6.45, 7) is 0.327. The Bertz CT molecular complexity index is 525. The molecular weight excluding hydrogens is 234 g/mol. The average molecular weight is 249 g/mol. The molecule has 18 heavy (non-hydrogen) atoms. The molecule has 0 bridgehead atoms. The van der Waals surface area contributed by atoms with E-state index in [0.717, 1.165) is 5.69 Å². The number of hydrogen-bond acceptors (Lipinski definition) is 5. The Kier molecular flexibility index (Phi) is 3.57. The molecule has 3 N–H and O–H groups in total. The Morgan fingerprint density at radius 1 is 1.22 bits per heavy atom. The summed E-state index contributed by atoms with van der Waals surface area (Å²) in [7, 11) is 3.15. The Balaban J connectivity index is 2.13. The minimum atomic E-state index is 0.327. The summed E-state index contributed by atoms with van der Waals surface area (Å²) in [5.74, 6) is 2.22. The third kappa shape index (κ3) is 2.48. The first-order chi connectivity index (χ1) is 8.74. The second-order valence-corrected chi connectivity index (χ2v) is 3.60. The maximum Gasteiger partial charge on any atom is 0.203 e. The third-order valence-corrected chi connectivity index (χ3v) is 2.40. The highest BCUT2D eigenvalue weighted by molar-refractivity contribution is 5.51. The molecule has 0 aliphatic carbocycles. The lowest BCUT2D eigenvalue weighted by molar-refractivity contribution is 0.272. The lowest BCUT2D eigenvalue weighted by Crippen LogP contribution is -1.99.